The third-order valence-corrected chi connectivity index (χ3v) is 6.33. The number of piperidine rings is 1. The van der Waals surface area contributed by atoms with Crippen LogP contribution < -0.4 is 10.9 Å². The van der Waals surface area contributed by atoms with Crippen molar-refractivity contribution < 1.29 is 13.2 Å². The number of benzene rings is 2. The lowest BCUT2D eigenvalue weighted by molar-refractivity contribution is 0.380. The van der Waals surface area contributed by atoms with Crippen LogP contribution in [0.4, 0.5) is 8.78 Å². The Labute approximate surface area is 196 Å². The molecule has 0 bridgehead atoms. The Morgan fingerprint density at radius 1 is 1.09 bits per heavy atom. The number of para-hydroxylation sites is 1. The number of aromatic nitrogens is 2. The van der Waals surface area contributed by atoms with E-state index in [9.17, 15) is 13.6 Å². The zero-order chi connectivity index (χ0) is 23.8. The average Bonchev–Trinajstić information content (AvgIpc) is 3.26. The van der Waals surface area contributed by atoms with E-state index in [1.165, 1.54) is 18.2 Å². The minimum Gasteiger partial charge on any atom is -0.440 e. The van der Waals surface area contributed by atoms with E-state index in [-0.39, 0.29) is 22.8 Å². The second kappa shape index (κ2) is 8.99. The van der Waals surface area contributed by atoms with Gasteiger partial charge in [-0.15, -0.1) is 0 Å². The molecule has 0 saturated carbocycles. The molecule has 0 amide bonds. The summed E-state index contributed by atoms with van der Waals surface area (Å²) in [6.45, 7) is 5.55. The Bertz CT molecular complexity index is 1400. The molecule has 0 radical (unpaired) electrons. The summed E-state index contributed by atoms with van der Waals surface area (Å²) in [5.74, 6) is -0.610. The van der Waals surface area contributed by atoms with Crippen molar-refractivity contribution in [1.29, 1.82) is 0 Å². The van der Waals surface area contributed by atoms with Gasteiger partial charge in [-0.25, -0.2) is 13.8 Å². The lowest BCUT2D eigenvalue weighted by atomic mass is 10.00. The summed E-state index contributed by atoms with van der Waals surface area (Å²) in [5, 5.41) is 3.34. The Morgan fingerprint density at radius 3 is 2.59 bits per heavy atom. The van der Waals surface area contributed by atoms with Crippen molar-refractivity contribution in [1.82, 2.24) is 14.9 Å². The maximum atomic E-state index is 14.8. The molecular weight excluding hydrogens is 436 g/mol. The third kappa shape index (κ3) is 4.07. The Kier molecular flexibility index (Phi) is 5.87. The van der Waals surface area contributed by atoms with E-state index in [2.05, 4.69) is 5.32 Å². The van der Waals surface area contributed by atoms with Gasteiger partial charge in [-0.3, -0.25) is 9.36 Å². The molecule has 1 N–H and O–H groups in total. The van der Waals surface area contributed by atoms with E-state index in [0.717, 1.165) is 42.3 Å². The van der Waals surface area contributed by atoms with Gasteiger partial charge in [0.1, 0.15) is 17.3 Å². The van der Waals surface area contributed by atoms with Crippen molar-refractivity contribution in [3.8, 4) is 28.3 Å². The van der Waals surface area contributed by atoms with Crippen LogP contribution in [0.1, 0.15) is 35.8 Å². The van der Waals surface area contributed by atoms with Crippen molar-refractivity contribution in [2.24, 2.45) is 0 Å². The predicted octanol–water partition coefficient (Wildman–Crippen LogP) is 5.52. The minimum atomic E-state index is -0.728. The molecular formula is C27H25F2N3O2. The summed E-state index contributed by atoms with van der Waals surface area (Å²) in [7, 11) is 0. The zero-order valence-electron chi connectivity index (χ0n) is 19.1. The maximum absolute atomic E-state index is 14.8. The van der Waals surface area contributed by atoms with Crippen LogP contribution in [0, 0.1) is 25.5 Å². The minimum absolute atomic E-state index is 0.0503. The van der Waals surface area contributed by atoms with E-state index >= 15 is 0 Å². The summed E-state index contributed by atoms with van der Waals surface area (Å²) in [4.78, 5) is 17.6. The van der Waals surface area contributed by atoms with Gasteiger partial charge in [0, 0.05) is 36.4 Å². The van der Waals surface area contributed by atoms with Crippen LogP contribution in [0.3, 0.4) is 0 Å². The molecule has 1 fully saturated rings. The van der Waals surface area contributed by atoms with Crippen LogP contribution in [0.25, 0.3) is 28.3 Å². The van der Waals surface area contributed by atoms with Crippen LogP contribution in [0.5, 0.6) is 0 Å². The second-order valence-corrected chi connectivity index (χ2v) is 8.76. The molecule has 2 aromatic carbocycles. The van der Waals surface area contributed by atoms with Crippen molar-refractivity contribution >= 4 is 0 Å². The Morgan fingerprint density at radius 2 is 1.88 bits per heavy atom. The first-order valence-corrected chi connectivity index (χ1v) is 11.4. The highest BCUT2D eigenvalue weighted by molar-refractivity contribution is 5.77. The highest BCUT2D eigenvalue weighted by Crippen LogP contribution is 2.37. The van der Waals surface area contributed by atoms with Gasteiger partial charge in [-0.2, -0.15) is 0 Å². The molecule has 174 valence electrons. The molecule has 1 unspecified atom stereocenters. The van der Waals surface area contributed by atoms with Crippen LogP contribution in [-0.2, 0) is 0 Å². The van der Waals surface area contributed by atoms with Crippen molar-refractivity contribution in [3.05, 3.63) is 93.7 Å². The maximum Gasteiger partial charge on any atom is 0.255 e. The molecule has 1 atom stereocenters. The SMILES string of the molecule is Cc1cccc(C)c1-n1cc(-c2nc(C3CCCNC3)oc2-c2ccc(F)cc2F)ccc1=O. The topological polar surface area (TPSA) is 60.1 Å². The number of aryl methyl sites for hydroxylation is 2. The fraction of sp³-hybridized carbons (Fsp3) is 0.259. The molecule has 3 heterocycles. The molecule has 0 aliphatic carbocycles. The van der Waals surface area contributed by atoms with Crippen molar-refractivity contribution in [3.63, 3.8) is 0 Å². The summed E-state index contributed by atoms with van der Waals surface area (Å²) in [6.07, 6.45) is 3.60. The monoisotopic (exact) mass is 461 g/mol. The van der Waals surface area contributed by atoms with Crippen molar-refractivity contribution in [2.45, 2.75) is 32.6 Å². The fourth-order valence-corrected chi connectivity index (χ4v) is 4.61. The number of rotatable bonds is 4. The summed E-state index contributed by atoms with van der Waals surface area (Å²) < 4.78 is 36.1. The van der Waals surface area contributed by atoms with Crippen LogP contribution in [0.15, 0.2) is 63.9 Å². The van der Waals surface area contributed by atoms with Crippen molar-refractivity contribution in [2.75, 3.05) is 13.1 Å². The molecule has 5 rings (SSSR count). The van der Waals surface area contributed by atoms with Gasteiger partial charge < -0.3 is 9.73 Å². The standard InChI is InChI=1S/C27H25F2N3O2/c1-16-5-3-6-17(2)25(16)32-15-19(8-11-23(32)33)24-26(21-10-9-20(28)13-22(21)29)34-27(31-24)18-7-4-12-30-14-18/h3,5-6,8-11,13,15,18,30H,4,7,12,14H2,1-2H3. The lowest BCUT2D eigenvalue weighted by Gasteiger charge is -2.19. The quantitative estimate of drug-likeness (QED) is 0.435. The van der Waals surface area contributed by atoms with E-state index in [1.54, 1.807) is 16.8 Å². The lowest BCUT2D eigenvalue weighted by Crippen LogP contribution is -2.28. The molecule has 7 heteroatoms. The normalized spacial score (nSPS) is 16.1. The van der Waals surface area contributed by atoms with Crippen LogP contribution >= 0.6 is 0 Å². The molecule has 34 heavy (non-hydrogen) atoms. The number of nitrogens with zero attached hydrogens (tertiary/aromatic N) is 2. The van der Waals surface area contributed by atoms with E-state index in [0.29, 0.717) is 23.7 Å². The Hall–Kier alpha value is -3.58. The second-order valence-electron chi connectivity index (χ2n) is 8.76. The van der Waals surface area contributed by atoms with Crippen LogP contribution in [0.2, 0.25) is 0 Å². The van der Waals surface area contributed by atoms with Gasteiger partial charge in [-0.05, 0) is 62.6 Å². The number of hydrogen-bond acceptors (Lipinski definition) is 4. The van der Waals surface area contributed by atoms with Crippen LogP contribution in [-0.4, -0.2) is 22.6 Å². The highest BCUT2D eigenvalue weighted by atomic mass is 19.1. The van der Waals surface area contributed by atoms with Gasteiger partial charge in [0.2, 0.25) is 0 Å². The van der Waals surface area contributed by atoms with Gasteiger partial charge in [-0.1, -0.05) is 18.2 Å². The molecule has 0 spiro atoms. The number of oxazole rings is 1. The average molecular weight is 462 g/mol. The number of hydrogen-bond donors (Lipinski definition) is 1. The zero-order valence-corrected chi connectivity index (χ0v) is 19.1. The van der Waals surface area contributed by atoms with Gasteiger partial charge in [0.25, 0.3) is 5.56 Å². The number of halogens is 2. The molecule has 1 aliphatic heterocycles. The highest BCUT2D eigenvalue weighted by Gasteiger charge is 2.26. The molecule has 1 saturated heterocycles. The molecule has 1 aliphatic rings. The largest absolute Gasteiger partial charge is 0.440 e. The Balaban J connectivity index is 1.70. The first-order valence-electron chi connectivity index (χ1n) is 11.4. The van der Waals surface area contributed by atoms with E-state index < -0.39 is 11.6 Å². The summed E-state index contributed by atoms with van der Waals surface area (Å²) in [6, 6.07) is 12.4. The van der Waals surface area contributed by atoms with Gasteiger partial charge >= 0.3 is 0 Å². The number of pyridine rings is 1. The van der Waals surface area contributed by atoms with Gasteiger partial charge in [0.15, 0.2) is 11.7 Å². The van der Waals surface area contributed by atoms with Gasteiger partial charge in [0.05, 0.1) is 11.3 Å². The molecule has 5 nitrogen and oxygen atoms in total. The fourth-order valence-electron chi connectivity index (χ4n) is 4.61. The van der Waals surface area contributed by atoms with E-state index in [4.69, 9.17) is 9.40 Å². The smallest absolute Gasteiger partial charge is 0.255 e. The summed E-state index contributed by atoms with van der Waals surface area (Å²) >= 11 is 0. The molecule has 2 aromatic heterocycles. The first kappa shape index (κ1) is 22.2. The molecule has 4 aromatic rings. The number of nitrogens with one attached hydrogen (secondary N) is 1. The van der Waals surface area contributed by atoms with E-state index in [1.807, 2.05) is 32.0 Å². The third-order valence-electron chi connectivity index (χ3n) is 6.33. The predicted molar refractivity (Wildman–Crippen MR) is 127 cm³/mol. The summed E-state index contributed by atoms with van der Waals surface area (Å²) in [5.41, 5.74) is 3.69. The first-order chi connectivity index (χ1) is 16.4.